The van der Waals surface area contributed by atoms with Crippen LogP contribution in [0.15, 0.2) is 16.4 Å². The quantitative estimate of drug-likeness (QED) is 0.432. The van der Waals surface area contributed by atoms with Crippen molar-refractivity contribution in [2.24, 2.45) is 5.73 Å². The van der Waals surface area contributed by atoms with Crippen molar-refractivity contribution in [1.82, 2.24) is 25.5 Å². The number of thioether (sulfide) groups is 2. The van der Waals surface area contributed by atoms with Gasteiger partial charge in [-0.3, -0.25) is 9.69 Å². The molecule has 0 bridgehead atoms. The number of carbonyl (C=O) groups is 2. The Bertz CT molecular complexity index is 684. The van der Waals surface area contributed by atoms with Crippen LogP contribution in [0.1, 0.15) is 20.8 Å². The third kappa shape index (κ3) is 3.28. The summed E-state index contributed by atoms with van der Waals surface area (Å²) in [6, 6.07) is -0.571. The van der Waals surface area contributed by atoms with Crippen LogP contribution in [0.4, 0.5) is 0 Å². The monoisotopic (exact) mass is 370 g/mol. The normalized spacial score (nSPS) is 23.8. The number of nitrogens with zero attached hydrogens (tertiary/aromatic N) is 4. The van der Waals surface area contributed by atoms with Crippen molar-refractivity contribution in [2.75, 3.05) is 11.5 Å². The lowest BCUT2D eigenvalue weighted by Gasteiger charge is -2.48. The summed E-state index contributed by atoms with van der Waals surface area (Å²) in [4.78, 5) is 26.3. The molecule has 130 valence electrons. The number of carbonyl (C=O) groups excluding carboxylic acids is 2. The summed E-state index contributed by atoms with van der Waals surface area (Å²) in [7, 11) is 0. The third-order valence-corrected chi connectivity index (χ3v) is 5.67. The fourth-order valence-corrected chi connectivity index (χ4v) is 4.54. The largest absolute Gasteiger partial charge is 0.455 e. The molecule has 1 saturated heterocycles. The molecule has 9 nitrogen and oxygen atoms in total. The van der Waals surface area contributed by atoms with Crippen molar-refractivity contribution in [1.29, 1.82) is 0 Å². The van der Waals surface area contributed by atoms with E-state index in [2.05, 4.69) is 20.6 Å². The Morgan fingerprint density at radius 1 is 1.54 bits per heavy atom. The highest BCUT2D eigenvalue weighted by Crippen LogP contribution is 2.41. The number of rotatable bonds is 4. The van der Waals surface area contributed by atoms with Crippen molar-refractivity contribution in [3.8, 4) is 0 Å². The minimum Gasteiger partial charge on any atom is -0.455 e. The van der Waals surface area contributed by atoms with Gasteiger partial charge in [0.1, 0.15) is 22.7 Å². The van der Waals surface area contributed by atoms with Crippen molar-refractivity contribution in [3.63, 3.8) is 0 Å². The van der Waals surface area contributed by atoms with Crippen molar-refractivity contribution >= 4 is 35.4 Å². The van der Waals surface area contributed by atoms with E-state index in [9.17, 15) is 9.59 Å². The summed E-state index contributed by atoms with van der Waals surface area (Å²) in [6.45, 7) is 5.37. The number of ether oxygens (including phenoxy) is 1. The lowest BCUT2D eigenvalue weighted by atomic mass is 10.0. The number of esters is 1. The number of tetrazole rings is 1. The summed E-state index contributed by atoms with van der Waals surface area (Å²) in [5.74, 6) is 0.306. The Morgan fingerprint density at radius 2 is 2.29 bits per heavy atom. The molecule has 1 unspecified atom stereocenters. The second-order valence-electron chi connectivity index (χ2n) is 6.37. The fourth-order valence-electron chi connectivity index (χ4n) is 2.37. The van der Waals surface area contributed by atoms with E-state index in [0.29, 0.717) is 22.4 Å². The molecule has 2 aliphatic heterocycles. The van der Waals surface area contributed by atoms with Crippen LogP contribution in [0, 0.1) is 0 Å². The van der Waals surface area contributed by atoms with E-state index in [1.54, 1.807) is 32.5 Å². The van der Waals surface area contributed by atoms with E-state index >= 15 is 0 Å². The lowest BCUT2D eigenvalue weighted by Crippen LogP contribution is -2.68. The zero-order chi connectivity index (χ0) is 17.5. The van der Waals surface area contributed by atoms with Crippen LogP contribution < -0.4 is 5.73 Å². The van der Waals surface area contributed by atoms with Gasteiger partial charge in [-0.25, -0.2) is 4.79 Å². The number of fused-ring (bicyclic) bond motifs is 1. The van der Waals surface area contributed by atoms with E-state index in [-0.39, 0.29) is 11.3 Å². The molecule has 1 aromatic rings. The zero-order valence-electron chi connectivity index (χ0n) is 13.5. The molecular formula is C13H18N6O3S2. The first-order valence-corrected chi connectivity index (χ1v) is 9.33. The van der Waals surface area contributed by atoms with E-state index in [1.807, 2.05) is 0 Å². The summed E-state index contributed by atoms with van der Waals surface area (Å²) in [5.41, 5.74) is 6.30. The van der Waals surface area contributed by atoms with Crippen LogP contribution in [0.2, 0.25) is 0 Å². The van der Waals surface area contributed by atoms with Gasteiger partial charge in [0.25, 0.3) is 0 Å². The number of amides is 1. The van der Waals surface area contributed by atoms with Gasteiger partial charge in [-0.2, -0.15) is 5.21 Å². The number of β-lactam (4-membered cyclic amide) rings is 1. The van der Waals surface area contributed by atoms with Crippen molar-refractivity contribution < 1.29 is 14.3 Å². The first-order chi connectivity index (χ1) is 11.3. The first-order valence-electron chi connectivity index (χ1n) is 7.30. The standard InChI is InChI=1S/C13H18N6O3S2/c1-13(2,3)22-11(21)8-6(5-24-12-15-17-18-16-12)4-23-10-7(14)9(20)19(8)10/h7,10H,4-5,14H2,1-3H3,(H,15,16,17,18)/t7?,10-/m0/s1. The maximum Gasteiger partial charge on any atom is 0.355 e. The van der Waals surface area contributed by atoms with Gasteiger partial charge in [0.15, 0.2) is 0 Å². The maximum atomic E-state index is 12.6. The molecule has 2 aliphatic rings. The van der Waals surface area contributed by atoms with Crippen LogP contribution in [0.3, 0.4) is 0 Å². The summed E-state index contributed by atoms with van der Waals surface area (Å²) < 4.78 is 5.48. The number of nitrogens with two attached hydrogens (primary N) is 1. The number of aromatic amines is 1. The van der Waals surface area contributed by atoms with E-state index in [1.165, 1.54) is 16.7 Å². The van der Waals surface area contributed by atoms with Gasteiger partial charge in [-0.05, 0) is 31.6 Å². The van der Waals surface area contributed by atoms with Gasteiger partial charge in [0.2, 0.25) is 11.1 Å². The topological polar surface area (TPSA) is 127 Å². The Kier molecular flexibility index (Phi) is 4.58. The fraction of sp³-hybridized carbons (Fsp3) is 0.615. The maximum absolute atomic E-state index is 12.6. The minimum absolute atomic E-state index is 0.209. The van der Waals surface area contributed by atoms with Crippen LogP contribution in [0.25, 0.3) is 0 Å². The highest BCUT2D eigenvalue weighted by atomic mass is 32.2. The number of nitrogens with one attached hydrogen (secondary N) is 1. The molecule has 2 atom stereocenters. The molecule has 24 heavy (non-hydrogen) atoms. The Balaban J connectivity index is 1.86. The molecule has 0 saturated carbocycles. The van der Waals surface area contributed by atoms with E-state index in [0.717, 1.165) is 5.57 Å². The smallest absolute Gasteiger partial charge is 0.355 e. The summed E-state index contributed by atoms with van der Waals surface area (Å²) >= 11 is 2.88. The van der Waals surface area contributed by atoms with Gasteiger partial charge in [-0.1, -0.05) is 11.8 Å². The van der Waals surface area contributed by atoms with E-state index < -0.39 is 17.6 Å². The number of hydrogen-bond donors (Lipinski definition) is 2. The van der Waals surface area contributed by atoms with Gasteiger partial charge >= 0.3 is 5.97 Å². The molecule has 1 aromatic heterocycles. The number of aromatic nitrogens is 4. The molecule has 0 aliphatic carbocycles. The van der Waals surface area contributed by atoms with Gasteiger partial charge in [-0.15, -0.1) is 22.0 Å². The SMILES string of the molecule is CC(C)(C)OC(=O)C1=C(CSc2nn[nH]n2)CS[C@H]2C(N)C(=O)N12. The van der Waals surface area contributed by atoms with Crippen molar-refractivity contribution in [2.45, 2.75) is 42.9 Å². The molecular weight excluding hydrogens is 352 g/mol. The van der Waals surface area contributed by atoms with Crippen LogP contribution >= 0.6 is 23.5 Å². The van der Waals surface area contributed by atoms with Gasteiger partial charge in [0, 0.05) is 11.5 Å². The van der Waals surface area contributed by atoms with Crippen LogP contribution in [-0.4, -0.2) is 65.9 Å². The van der Waals surface area contributed by atoms with E-state index in [4.69, 9.17) is 10.5 Å². The Morgan fingerprint density at radius 3 is 2.92 bits per heavy atom. The van der Waals surface area contributed by atoms with Crippen LogP contribution in [0.5, 0.6) is 0 Å². The highest BCUT2D eigenvalue weighted by molar-refractivity contribution is 8.01. The lowest BCUT2D eigenvalue weighted by molar-refractivity contribution is -0.157. The molecule has 1 amide bonds. The zero-order valence-corrected chi connectivity index (χ0v) is 15.1. The molecule has 3 N–H and O–H groups in total. The van der Waals surface area contributed by atoms with Gasteiger partial charge in [0.05, 0.1) is 0 Å². The molecule has 1 fully saturated rings. The average Bonchev–Trinajstić information content (AvgIpc) is 3.02. The third-order valence-electron chi connectivity index (χ3n) is 3.38. The molecule has 3 heterocycles. The predicted octanol–water partition coefficient (Wildman–Crippen LogP) is 0.130. The Labute approximate surface area is 147 Å². The number of hydrogen-bond acceptors (Lipinski definition) is 9. The van der Waals surface area contributed by atoms with Crippen LogP contribution in [-0.2, 0) is 14.3 Å². The average molecular weight is 370 g/mol. The molecule has 11 heteroatoms. The first kappa shape index (κ1) is 17.2. The highest BCUT2D eigenvalue weighted by Gasteiger charge is 2.52. The number of H-pyrrole nitrogens is 1. The molecule has 0 radical (unpaired) electrons. The second kappa shape index (κ2) is 6.37. The second-order valence-corrected chi connectivity index (χ2v) is 8.42. The predicted molar refractivity (Wildman–Crippen MR) is 88.8 cm³/mol. The van der Waals surface area contributed by atoms with Crippen molar-refractivity contribution in [3.05, 3.63) is 11.3 Å². The summed E-state index contributed by atoms with van der Waals surface area (Å²) in [5, 5.41) is 13.9. The summed E-state index contributed by atoms with van der Waals surface area (Å²) in [6.07, 6.45) is 0. The minimum atomic E-state index is -0.647. The molecule has 0 spiro atoms. The molecule has 3 rings (SSSR count). The molecule has 0 aromatic carbocycles. The Hall–Kier alpha value is -1.59. The van der Waals surface area contributed by atoms with Gasteiger partial charge < -0.3 is 10.5 Å².